The normalized spacial score (nSPS) is 52.1. The predicted octanol–water partition coefficient (Wildman–Crippen LogP) is 3.75. The Kier molecular flexibility index (Phi) is 2.78. The first kappa shape index (κ1) is 11.1. The van der Waals surface area contributed by atoms with Crippen LogP contribution in [-0.4, -0.2) is 10.7 Å². The first-order valence-corrected chi connectivity index (χ1v) is 7.37. The van der Waals surface area contributed by atoms with E-state index in [1.807, 2.05) is 0 Å². The van der Waals surface area contributed by atoms with E-state index in [-0.39, 0.29) is 5.60 Å². The van der Waals surface area contributed by atoms with E-state index in [0.717, 1.165) is 42.9 Å². The maximum absolute atomic E-state index is 10.7. The van der Waals surface area contributed by atoms with Crippen LogP contribution in [0.2, 0.25) is 0 Å². The van der Waals surface area contributed by atoms with Crippen LogP contribution in [0.3, 0.4) is 0 Å². The molecule has 92 valence electrons. The number of rotatable bonds is 2. The van der Waals surface area contributed by atoms with Crippen molar-refractivity contribution in [3.8, 4) is 0 Å². The Balaban J connectivity index is 1.61. The maximum atomic E-state index is 10.7. The fourth-order valence-corrected chi connectivity index (χ4v) is 4.93. The highest BCUT2D eigenvalue weighted by atomic mass is 16.3. The van der Waals surface area contributed by atoms with Crippen molar-refractivity contribution in [2.24, 2.45) is 23.7 Å². The summed E-state index contributed by atoms with van der Waals surface area (Å²) in [5.41, 5.74) is -0.285. The summed E-state index contributed by atoms with van der Waals surface area (Å²) in [5, 5.41) is 10.7. The Morgan fingerprint density at radius 1 is 1.19 bits per heavy atom. The average Bonchev–Trinajstić information content (AvgIpc) is 2.77. The van der Waals surface area contributed by atoms with E-state index in [2.05, 4.69) is 6.92 Å². The first-order chi connectivity index (χ1) is 7.65. The van der Waals surface area contributed by atoms with Gasteiger partial charge in [0.25, 0.3) is 0 Å². The SMILES string of the molecule is CC1CCCC(O)(CC2CC3CCC2C3)C1. The van der Waals surface area contributed by atoms with Gasteiger partial charge >= 0.3 is 0 Å². The molecule has 3 fully saturated rings. The fourth-order valence-electron chi connectivity index (χ4n) is 4.93. The van der Waals surface area contributed by atoms with Gasteiger partial charge in [-0.15, -0.1) is 0 Å². The Bertz CT molecular complexity index is 262. The van der Waals surface area contributed by atoms with Gasteiger partial charge in [-0.05, 0) is 62.2 Å². The van der Waals surface area contributed by atoms with Crippen LogP contribution in [0.15, 0.2) is 0 Å². The molecule has 3 saturated carbocycles. The zero-order valence-corrected chi connectivity index (χ0v) is 10.6. The van der Waals surface area contributed by atoms with Crippen molar-refractivity contribution >= 4 is 0 Å². The van der Waals surface area contributed by atoms with E-state index in [4.69, 9.17) is 0 Å². The molecule has 3 aliphatic carbocycles. The minimum Gasteiger partial charge on any atom is -0.390 e. The smallest absolute Gasteiger partial charge is 0.0653 e. The largest absolute Gasteiger partial charge is 0.390 e. The lowest BCUT2D eigenvalue weighted by atomic mass is 9.71. The topological polar surface area (TPSA) is 20.2 Å². The van der Waals surface area contributed by atoms with Crippen molar-refractivity contribution in [3.63, 3.8) is 0 Å². The lowest BCUT2D eigenvalue weighted by molar-refractivity contribution is -0.0385. The van der Waals surface area contributed by atoms with Crippen molar-refractivity contribution in [2.75, 3.05) is 0 Å². The van der Waals surface area contributed by atoms with Gasteiger partial charge in [0.2, 0.25) is 0 Å². The standard InChI is InChI=1S/C15H26O/c1-11-3-2-6-15(16,9-11)10-14-8-12-4-5-13(14)7-12/h11-14,16H,2-10H2,1H3. The van der Waals surface area contributed by atoms with Crippen LogP contribution in [0.1, 0.15) is 64.7 Å². The van der Waals surface area contributed by atoms with Crippen LogP contribution in [0.5, 0.6) is 0 Å². The van der Waals surface area contributed by atoms with Crippen LogP contribution in [0, 0.1) is 23.7 Å². The zero-order chi connectivity index (χ0) is 11.2. The van der Waals surface area contributed by atoms with Crippen LogP contribution >= 0.6 is 0 Å². The third-order valence-corrected chi connectivity index (χ3v) is 5.59. The molecule has 0 saturated heterocycles. The highest BCUT2D eigenvalue weighted by molar-refractivity contribution is 4.95. The number of fused-ring (bicyclic) bond motifs is 2. The average molecular weight is 222 g/mol. The van der Waals surface area contributed by atoms with E-state index < -0.39 is 0 Å². The number of hydrogen-bond donors (Lipinski definition) is 1. The third kappa shape index (κ3) is 2.03. The van der Waals surface area contributed by atoms with Gasteiger partial charge in [0, 0.05) is 0 Å². The molecule has 0 amide bonds. The highest BCUT2D eigenvalue weighted by Crippen LogP contribution is 2.52. The fraction of sp³-hybridized carbons (Fsp3) is 1.00. The molecule has 0 aliphatic heterocycles. The predicted molar refractivity (Wildman–Crippen MR) is 66.1 cm³/mol. The molecular formula is C15H26O. The Hall–Kier alpha value is -0.0400. The summed E-state index contributed by atoms with van der Waals surface area (Å²) in [6.45, 7) is 2.31. The second kappa shape index (κ2) is 4.01. The number of hydrogen-bond acceptors (Lipinski definition) is 1. The Labute approximate surface area is 99.6 Å². The van der Waals surface area contributed by atoms with Gasteiger partial charge in [-0.2, -0.15) is 0 Å². The van der Waals surface area contributed by atoms with Crippen molar-refractivity contribution in [1.82, 2.24) is 0 Å². The van der Waals surface area contributed by atoms with E-state index >= 15 is 0 Å². The Morgan fingerprint density at radius 3 is 2.69 bits per heavy atom. The second-order valence-electron chi connectivity index (χ2n) is 7.06. The van der Waals surface area contributed by atoms with Crippen LogP contribution in [0.25, 0.3) is 0 Å². The molecule has 0 aromatic heterocycles. The third-order valence-electron chi connectivity index (χ3n) is 5.59. The van der Waals surface area contributed by atoms with Crippen molar-refractivity contribution in [2.45, 2.75) is 70.3 Å². The summed E-state index contributed by atoms with van der Waals surface area (Å²) < 4.78 is 0. The first-order valence-electron chi connectivity index (χ1n) is 7.37. The van der Waals surface area contributed by atoms with Crippen molar-refractivity contribution in [3.05, 3.63) is 0 Å². The zero-order valence-electron chi connectivity index (χ0n) is 10.6. The molecule has 1 N–H and O–H groups in total. The maximum Gasteiger partial charge on any atom is 0.0653 e. The molecule has 5 atom stereocenters. The second-order valence-corrected chi connectivity index (χ2v) is 7.06. The molecule has 1 nitrogen and oxygen atoms in total. The summed E-state index contributed by atoms with van der Waals surface area (Å²) in [7, 11) is 0. The van der Waals surface area contributed by atoms with E-state index in [0.29, 0.717) is 0 Å². The summed E-state index contributed by atoms with van der Waals surface area (Å²) in [6, 6.07) is 0. The van der Waals surface area contributed by atoms with Gasteiger partial charge in [0.1, 0.15) is 0 Å². The van der Waals surface area contributed by atoms with Gasteiger partial charge in [-0.25, -0.2) is 0 Å². The highest BCUT2D eigenvalue weighted by Gasteiger charge is 2.44. The van der Waals surface area contributed by atoms with Gasteiger partial charge in [0.05, 0.1) is 5.60 Å². The van der Waals surface area contributed by atoms with Crippen molar-refractivity contribution < 1.29 is 5.11 Å². The minimum atomic E-state index is -0.285. The van der Waals surface area contributed by atoms with Gasteiger partial charge < -0.3 is 5.11 Å². The molecule has 0 aromatic rings. The molecule has 3 aliphatic rings. The molecule has 1 heteroatoms. The quantitative estimate of drug-likeness (QED) is 0.754. The summed E-state index contributed by atoms with van der Waals surface area (Å²) in [5.74, 6) is 3.62. The molecule has 2 bridgehead atoms. The lowest BCUT2D eigenvalue weighted by Crippen LogP contribution is -2.37. The van der Waals surface area contributed by atoms with Gasteiger partial charge in [-0.1, -0.05) is 26.2 Å². The molecule has 5 unspecified atom stereocenters. The van der Waals surface area contributed by atoms with Crippen LogP contribution < -0.4 is 0 Å². The molecule has 0 aromatic carbocycles. The molecule has 0 heterocycles. The molecule has 0 spiro atoms. The minimum absolute atomic E-state index is 0.285. The van der Waals surface area contributed by atoms with E-state index in [1.165, 1.54) is 38.5 Å². The van der Waals surface area contributed by atoms with Crippen molar-refractivity contribution in [1.29, 1.82) is 0 Å². The van der Waals surface area contributed by atoms with Gasteiger partial charge in [0.15, 0.2) is 0 Å². The molecule has 3 rings (SSSR count). The monoisotopic (exact) mass is 222 g/mol. The van der Waals surface area contributed by atoms with E-state index in [9.17, 15) is 5.11 Å². The van der Waals surface area contributed by atoms with Gasteiger partial charge in [-0.3, -0.25) is 0 Å². The summed E-state index contributed by atoms with van der Waals surface area (Å²) in [6.07, 6.45) is 11.7. The molecule has 16 heavy (non-hydrogen) atoms. The van der Waals surface area contributed by atoms with E-state index in [1.54, 1.807) is 0 Å². The lowest BCUT2D eigenvalue weighted by Gasteiger charge is -2.39. The van der Waals surface area contributed by atoms with Crippen LogP contribution in [-0.2, 0) is 0 Å². The number of aliphatic hydroxyl groups is 1. The Morgan fingerprint density at radius 2 is 2.06 bits per heavy atom. The summed E-state index contributed by atoms with van der Waals surface area (Å²) >= 11 is 0. The summed E-state index contributed by atoms with van der Waals surface area (Å²) in [4.78, 5) is 0. The van der Waals surface area contributed by atoms with Crippen LogP contribution in [0.4, 0.5) is 0 Å². The molecule has 0 radical (unpaired) electrons. The molecular weight excluding hydrogens is 196 g/mol.